The summed E-state index contributed by atoms with van der Waals surface area (Å²) in [5.74, 6) is 0.862. The van der Waals surface area contributed by atoms with Gasteiger partial charge in [-0.15, -0.1) is 0 Å². The number of nitrogen functional groups attached to an aromatic ring is 1. The first-order chi connectivity index (χ1) is 6.02. The van der Waals surface area contributed by atoms with Gasteiger partial charge in [0, 0.05) is 19.3 Å². The van der Waals surface area contributed by atoms with Crippen LogP contribution in [-0.2, 0) is 0 Å². The largest absolute Gasteiger partial charge is 0.396 e. The van der Waals surface area contributed by atoms with E-state index in [-0.39, 0.29) is 0 Å². The van der Waals surface area contributed by atoms with Crippen LogP contribution in [0.2, 0.25) is 0 Å². The molecule has 1 heterocycles. The van der Waals surface area contributed by atoms with E-state index < -0.39 is 0 Å². The number of nitrogens with two attached hydrogens (primary N) is 1. The molecule has 13 heavy (non-hydrogen) atoms. The third kappa shape index (κ3) is 2.11. The van der Waals surface area contributed by atoms with E-state index in [4.69, 9.17) is 5.73 Å². The zero-order valence-corrected chi connectivity index (χ0v) is 8.70. The van der Waals surface area contributed by atoms with Crippen LogP contribution in [0.3, 0.4) is 0 Å². The van der Waals surface area contributed by atoms with Crippen molar-refractivity contribution in [3.8, 4) is 0 Å². The molecule has 72 valence electrons. The van der Waals surface area contributed by atoms with Gasteiger partial charge in [-0.1, -0.05) is 0 Å². The minimum absolute atomic E-state index is 0.414. The van der Waals surface area contributed by atoms with Crippen LogP contribution >= 0.6 is 0 Å². The van der Waals surface area contributed by atoms with E-state index in [0.717, 1.165) is 17.1 Å². The van der Waals surface area contributed by atoms with Crippen molar-refractivity contribution in [3.05, 3.63) is 17.8 Å². The highest BCUT2D eigenvalue weighted by Crippen LogP contribution is 2.20. The van der Waals surface area contributed by atoms with Gasteiger partial charge >= 0.3 is 0 Å². The maximum absolute atomic E-state index is 5.86. The van der Waals surface area contributed by atoms with Crippen molar-refractivity contribution in [2.24, 2.45) is 0 Å². The molecule has 0 radical (unpaired) electrons. The number of nitrogens with zero attached hydrogens (tertiary/aromatic N) is 2. The standard InChI is InChI=1S/C10H17N3/c1-7(2)13(4)10-9(11)5-8(3)6-12-10/h5-7H,11H2,1-4H3. The van der Waals surface area contributed by atoms with Gasteiger partial charge in [-0.2, -0.15) is 0 Å². The van der Waals surface area contributed by atoms with E-state index in [1.807, 2.05) is 26.2 Å². The topological polar surface area (TPSA) is 42.2 Å². The Labute approximate surface area is 79.6 Å². The van der Waals surface area contributed by atoms with Crippen LogP contribution < -0.4 is 10.6 Å². The number of aromatic nitrogens is 1. The molecular weight excluding hydrogens is 162 g/mol. The molecule has 0 atom stereocenters. The second kappa shape index (κ2) is 3.64. The van der Waals surface area contributed by atoms with Gasteiger partial charge in [-0.3, -0.25) is 0 Å². The summed E-state index contributed by atoms with van der Waals surface area (Å²) < 4.78 is 0. The van der Waals surface area contributed by atoms with E-state index in [2.05, 4.69) is 23.7 Å². The van der Waals surface area contributed by atoms with Crippen molar-refractivity contribution in [3.63, 3.8) is 0 Å². The van der Waals surface area contributed by atoms with Crippen LogP contribution in [0.5, 0.6) is 0 Å². The number of hydrogen-bond donors (Lipinski definition) is 1. The number of aryl methyl sites for hydroxylation is 1. The molecule has 1 rings (SSSR count). The second-order valence-corrected chi connectivity index (χ2v) is 3.63. The Hall–Kier alpha value is -1.25. The summed E-state index contributed by atoms with van der Waals surface area (Å²) >= 11 is 0. The Kier molecular flexibility index (Phi) is 2.76. The van der Waals surface area contributed by atoms with Crippen molar-refractivity contribution < 1.29 is 0 Å². The Morgan fingerprint density at radius 1 is 1.46 bits per heavy atom. The fourth-order valence-corrected chi connectivity index (χ4v) is 1.12. The average molecular weight is 179 g/mol. The average Bonchev–Trinajstić information content (AvgIpc) is 2.03. The van der Waals surface area contributed by atoms with Gasteiger partial charge in [0.25, 0.3) is 0 Å². The first-order valence-corrected chi connectivity index (χ1v) is 4.47. The lowest BCUT2D eigenvalue weighted by molar-refractivity contribution is 0.744. The Morgan fingerprint density at radius 3 is 2.54 bits per heavy atom. The number of anilines is 2. The SMILES string of the molecule is Cc1cnc(N(C)C(C)C)c(N)c1. The predicted octanol–water partition coefficient (Wildman–Crippen LogP) is 1.82. The van der Waals surface area contributed by atoms with Gasteiger partial charge in [0.15, 0.2) is 5.82 Å². The lowest BCUT2D eigenvalue weighted by Gasteiger charge is -2.23. The molecule has 3 nitrogen and oxygen atoms in total. The molecule has 1 aromatic heterocycles. The molecule has 3 heteroatoms. The number of pyridine rings is 1. The third-order valence-corrected chi connectivity index (χ3v) is 2.14. The van der Waals surface area contributed by atoms with E-state index in [1.54, 1.807) is 0 Å². The fraction of sp³-hybridized carbons (Fsp3) is 0.500. The summed E-state index contributed by atoms with van der Waals surface area (Å²) in [7, 11) is 2.00. The monoisotopic (exact) mass is 179 g/mol. The molecule has 0 amide bonds. The number of rotatable bonds is 2. The molecule has 2 N–H and O–H groups in total. The molecule has 0 saturated heterocycles. The summed E-state index contributed by atoms with van der Waals surface area (Å²) in [5.41, 5.74) is 7.70. The van der Waals surface area contributed by atoms with E-state index in [9.17, 15) is 0 Å². The van der Waals surface area contributed by atoms with Gasteiger partial charge in [0.2, 0.25) is 0 Å². The quantitative estimate of drug-likeness (QED) is 0.753. The predicted molar refractivity (Wildman–Crippen MR) is 56.9 cm³/mol. The van der Waals surface area contributed by atoms with Crippen LogP contribution in [0.1, 0.15) is 19.4 Å². The minimum Gasteiger partial charge on any atom is -0.396 e. The van der Waals surface area contributed by atoms with Gasteiger partial charge in [0.1, 0.15) is 0 Å². The lowest BCUT2D eigenvalue weighted by Crippen LogP contribution is -2.27. The molecule has 0 bridgehead atoms. The van der Waals surface area contributed by atoms with Gasteiger partial charge in [0.05, 0.1) is 5.69 Å². The maximum atomic E-state index is 5.86. The highest BCUT2D eigenvalue weighted by molar-refractivity contribution is 5.63. The minimum atomic E-state index is 0.414. The molecule has 0 aliphatic carbocycles. The van der Waals surface area contributed by atoms with Gasteiger partial charge in [-0.25, -0.2) is 4.98 Å². The Morgan fingerprint density at radius 2 is 2.08 bits per heavy atom. The maximum Gasteiger partial charge on any atom is 0.151 e. The highest BCUT2D eigenvalue weighted by Gasteiger charge is 2.09. The van der Waals surface area contributed by atoms with Crippen LogP contribution in [-0.4, -0.2) is 18.1 Å². The van der Waals surface area contributed by atoms with Crippen molar-refractivity contribution in [2.75, 3.05) is 17.7 Å². The summed E-state index contributed by atoms with van der Waals surface area (Å²) in [4.78, 5) is 6.36. The van der Waals surface area contributed by atoms with Gasteiger partial charge in [-0.05, 0) is 32.4 Å². The molecular formula is C10H17N3. The molecule has 0 spiro atoms. The Bertz CT molecular complexity index is 294. The van der Waals surface area contributed by atoms with Crippen molar-refractivity contribution in [1.29, 1.82) is 0 Å². The van der Waals surface area contributed by atoms with E-state index >= 15 is 0 Å². The van der Waals surface area contributed by atoms with Crippen molar-refractivity contribution >= 4 is 11.5 Å². The zero-order valence-electron chi connectivity index (χ0n) is 8.70. The van der Waals surface area contributed by atoms with Crippen LogP contribution in [0, 0.1) is 6.92 Å². The molecule has 1 aromatic rings. The lowest BCUT2D eigenvalue weighted by atomic mass is 10.2. The summed E-state index contributed by atoms with van der Waals surface area (Å²) in [6.45, 7) is 6.21. The Balaban J connectivity index is 3.01. The normalized spacial score (nSPS) is 10.5. The zero-order chi connectivity index (χ0) is 10.0. The molecule has 0 aliphatic rings. The second-order valence-electron chi connectivity index (χ2n) is 3.63. The van der Waals surface area contributed by atoms with Crippen molar-refractivity contribution in [2.45, 2.75) is 26.8 Å². The summed E-state index contributed by atoms with van der Waals surface area (Å²) in [6.07, 6.45) is 1.84. The van der Waals surface area contributed by atoms with Crippen molar-refractivity contribution in [1.82, 2.24) is 4.98 Å². The fourth-order valence-electron chi connectivity index (χ4n) is 1.12. The molecule has 0 aliphatic heterocycles. The van der Waals surface area contributed by atoms with Crippen LogP contribution in [0.4, 0.5) is 11.5 Å². The third-order valence-electron chi connectivity index (χ3n) is 2.14. The van der Waals surface area contributed by atoms with E-state index in [0.29, 0.717) is 6.04 Å². The van der Waals surface area contributed by atoms with Crippen LogP contribution in [0.25, 0.3) is 0 Å². The first kappa shape index (κ1) is 9.84. The highest BCUT2D eigenvalue weighted by atomic mass is 15.2. The summed E-state index contributed by atoms with van der Waals surface area (Å²) in [5, 5.41) is 0. The smallest absolute Gasteiger partial charge is 0.151 e. The van der Waals surface area contributed by atoms with E-state index in [1.165, 1.54) is 0 Å². The molecule has 0 saturated carbocycles. The number of hydrogen-bond acceptors (Lipinski definition) is 3. The first-order valence-electron chi connectivity index (χ1n) is 4.47. The molecule has 0 aromatic carbocycles. The molecule has 0 unspecified atom stereocenters. The van der Waals surface area contributed by atoms with Crippen LogP contribution in [0.15, 0.2) is 12.3 Å². The molecule has 0 fully saturated rings. The summed E-state index contributed by atoms with van der Waals surface area (Å²) in [6, 6.07) is 2.36. The van der Waals surface area contributed by atoms with Gasteiger partial charge < -0.3 is 10.6 Å².